The Balaban J connectivity index is 2.23. The topological polar surface area (TPSA) is 30.5 Å². The highest BCUT2D eigenvalue weighted by Gasteiger charge is 2.08. The molecule has 0 radical (unpaired) electrons. The average Bonchev–Trinajstić information content (AvgIpc) is 2.30. The second-order valence-electron chi connectivity index (χ2n) is 4.27. The van der Waals surface area contributed by atoms with E-state index in [2.05, 4.69) is 19.2 Å². The minimum Gasteiger partial charge on any atom is -0.488 e. The fourth-order valence-electron chi connectivity index (χ4n) is 1.39. The van der Waals surface area contributed by atoms with Gasteiger partial charge in [0.1, 0.15) is 6.61 Å². The molecular weight excluding hydrogens is 309 g/mol. The third-order valence-corrected chi connectivity index (χ3v) is 3.02. The lowest BCUT2D eigenvalue weighted by Gasteiger charge is -2.11. The lowest BCUT2D eigenvalue weighted by molar-refractivity contribution is 0.101. The highest BCUT2D eigenvalue weighted by molar-refractivity contribution is 6.40. The van der Waals surface area contributed by atoms with E-state index in [9.17, 15) is 0 Å². The number of halogens is 3. The fourth-order valence-corrected chi connectivity index (χ4v) is 2.32. The van der Waals surface area contributed by atoms with Gasteiger partial charge in [0.2, 0.25) is 0 Å². The Morgan fingerprint density at radius 2 is 1.68 bits per heavy atom. The minimum absolute atomic E-state index is 0.392. The highest BCUT2D eigenvalue weighted by atomic mass is 35.5. The van der Waals surface area contributed by atoms with Gasteiger partial charge in [-0.25, -0.2) is 0 Å². The van der Waals surface area contributed by atoms with Crippen LogP contribution in [0.1, 0.15) is 13.8 Å². The van der Waals surface area contributed by atoms with Gasteiger partial charge in [-0.1, -0.05) is 48.7 Å². The number of hydrogen-bond donors (Lipinski definition) is 1. The summed E-state index contributed by atoms with van der Waals surface area (Å²) in [7, 11) is 0. The molecule has 6 heteroatoms. The quantitative estimate of drug-likeness (QED) is 0.731. The van der Waals surface area contributed by atoms with Crippen molar-refractivity contribution in [1.29, 1.82) is 0 Å². The third-order valence-electron chi connectivity index (χ3n) is 2.24. The largest absolute Gasteiger partial charge is 0.488 e. The summed E-state index contributed by atoms with van der Waals surface area (Å²) >= 11 is 17.8. The van der Waals surface area contributed by atoms with Crippen LogP contribution in [-0.2, 0) is 4.74 Å². The summed E-state index contributed by atoms with van der Waals surface area (Å²) in [5.41, 5.74) is 0. The Bertz CT molecular complexity index is 376. The Morgan fingerprint density at radius 3 is 2.26 bits per heavy atom. The summed E-state index contributed by atoms with van der Waals surface area (Å²) < 4.78 is 10.9. The van der Waals surface area contributed by atoms with Gasteiger partial charge >= 0.3 is 0 Å². The maximum absolute atomic E-state index is 5.99. The van der Waals surface area contributed by atoms with Crippen LogP contribution in [0.2, 0.25) is 15.1 Å². The number of hydrogen-bond acceptors (Lipinski definition) is 3. The summed E-state index contributed by atoms with van der Waals surface area (Å²) in [5, 5.41) is 4.54. The maximum Gasteiger partial charge on any atom is 0.156 e. The molecule has 3 nitrogen and oxygen atoms in total. The lowest BCUT2D eigenvalue weighted by Crippen LogP contribution is -2.27. The Morgan fingerprint density at radius 1 is 1.05 bits per heavy atom. The van der Waals surface area contributed by atoms with Gasteiger partial charge in [-0.15, -0.1) is 0 Å². The van der Waals surface area contributed by atoms with Crippen molar-refractivity contribution in [3.63, 3.8) is 0 Å². The first-order valence-corrected chi connectivity index (χ1v) is 7.22. The van der Waals surface area contributed by atoms with E-state index < -0.39 is 0 Å². The van der Waals surface area contributed by atoms with E-state index in [0.29, 0.717) is 46.7 Å². The molecule has 1 aromatic rings. The van der Waals surface area contributed by atoms with Crippen LogP contribution in [0.15, 0.2) is 12.1 Å². The normalized spacial score (nSPS) is 11.1. The van der Waals surface area contributed by atoms with Crippen molar-refractivity contribution in [1.82, 2.24) is 5.32 Å². The summed E-state index contributed by atoms with van der Waals surface area (Å²) in [6.45, 7) is 6.52. The van der Waals surface area contributed by atoms with Crippen molar-refractivity contribution < 1.29 is 9.47 Å². The van der Waals surface area contributed by atoms with E-state index in [1.165, 1.54) is 0 Å². The summed E-state index contributed by atoms with van der Waals surface area (Å²) in [6.07, 6.45) is 0. The molecule has 0 atom stereocenters. The van der Waals surface area contributed by atoms with Gasteiger partial charge in [-0.2, -0.15) is 0 Å². The van der Waals surface area contributed by atoms with Gasteiger partial charge in [0.05, 0.1) is 23.3 Å². The van der Waals surface area contributed by atoms with E-state index in [-0.39, 0.29) is 0 Å². The standard InChI is InChI=1S/C13H18Cl3NO2/c1-9(2)17-3-4-18-5-6-19-13-11(15)7-10(14)8-12(13)16/h7-9,17H,3-6H2,1-2H3. The molecule has 1 rings (SSSR count). The first-order valence-electron chi connectivity index (χ1n) is 6.09. The van der Waals surface area contributed by atoms with Crippen molar-refractivity contribution in [2.75, 3.05) is 26.4 Å². The Hall–Kier alpha value is -0.190. The van der Waals surface area contributed by atoms with Gasteiger partial charge in [0, 0.05) is 17.6 Å². The van der Waals surface area contributed by atoms with E-state index in [0.717, 1.165) is 6.54 Å². The number of rotatable bonds is 8. The monoisotopic (exact) mass is 325 g/mol. The van der Waals surface area contributed by atoms with Gasteiger partial charge in [-0.3, -0.25) is 0 Å². The highest BCUT2D eigenvalue weighted by Crippen LogP contribution is 2.35. The third kappa shape index (κ3) is 6.68. The summed E-state index contributed by atoms with van der Waals surface area (Å²) in [5.74, 6) is 0.441. The molecule has 0 aliphatic carbocycles. The molecule has 0 fully saturated rings. The van der Waals surface area contributed by atoms with Gasteiger partial charge < -0.3 is 14.8 Å². The molecule has 0 heterocycles. The zero-order valence-corrected chi connectivity index (χ0v) is 13.3. The summed E-state index contributed by atoms with van der Waals surface area (Å²) in [6, 6.07) is 3.65. The molecular formula is C13H18Cl3NO2. The molecule has 1 aromatic carbocycles. The predicted molar refractivity (Wildman–Crippen MR) is 80.9 cm³/mol. The smallest absolute Gasteiger partial charge is 0.156 e. The Kier molecular flexibility index (Phi) is 7.88. The SMILES string of the molecule is CC(C)NCCOCCOc1c(Cl)cc(Cl)cc1Cl. The second kappa shape index (κ2) is 8.88. The van der Waals surface area contributed by atoms with Crippen molar-refractivity contribution >= 4 is 34.8 Å². The average molecular weight is 327 g/mol. The molecule has 1 N–H and O–H groups in total. The van der Waals surface area contributed by atoms with Crippen LogP contribution in [0.4, 0.5) is 0 Å². The summed E-state index contributed by atoms with van der Waals surface area (Å²) in [4.78, 5) is 0. The maximum atomic E-state index is 5.99. The zero-order chi connectivity index (χ0) is 14.3. The molecule has 0 aliphatic heterocycles. The van der Waals surface area contributed by atoms with Crippen molar-refractivity contribution in [2.45, 2.75) is 19.9 Å². The van der Waals surface area contributed by atoms with E-state index in [1.54, 1.807) is 12.1 Å². The van der Waals surface area contributed by atoms with Crippen LogP contribution >= 0.6 is 34.8 Å². The molecule has 0 aliphatic rings. The molecule has 108 valence electrons. The lowest BCUT2D eigenvalue weighted by atomic mass is 10.3. The second-order valence-corrected chi connectivity index (χ2v) is 5.52. The molecule has 0 unspecified atom stereocenters. The zero-order valence-electron chi connectivity index (χ0n) is 11.0. The van der Waals surface area contributed by atoms with E-state index in [1.807, 2.05) is 0 Å². The van der Waals surface area contributed by atoms with Gasteiger partial charge in [0.15, 0.2) is 5.75 Å². The van der Waals surface area contributed by atoms with Gasteiger partial charge in [0.25, 0.3) is 0 Å². The molecule has 0 bridgehead atoms. The van der Waals surface area contributed by atoms with E-state index >= 15 is 0 Å². The van der Waals surface area contributed by atoms with E-state index in [4.69, 9.17) is 44.3 Å². The molecule has 0 amide bonds. The molecule has 0 saturated heterocycles. The van der Waals surface area contributed by atoms with Crippen LogP contribution in [0.25, 0.3) is 0 Å². The van der Waals surface area contributed by atoms with Crippen molar-refractivity contribution in [2.24, 2.45) is 0 Å². The predicted octanol–water partition coefficient (Wildman–Crippen LogP) is 4.04. The van der Waals surface area contributed by atoms with Crippen molar-refractivity contribution in [3.8, 4) is 5.75 Å². The number of ether oxygens (including phenoxy) is 2. The van der Waals surface area contributed by atoms with Crippen molar-refractivity contribution in [3.05, 3.63) is 27.2 Å². The van der Waals surface area contributed by atoms with Crippen LogP contribution in [0.3, 0.4) is 0 Å². The van der Waals surface area contributed by atoms with Crippen LogP contribution in [-0.4, -0.2) is 32.4 Å². The Labute approximate surface area is 129 Å². The first-order chi connectivity index (χ1) is 9.00. The van der Waals surface area contributed by atoms with Gasteiger partial charge in [-0.05, 0) is 12.1 Å². The molecule has 0 saturated carbocycles. The van der Waals surface area contributed by atoms with Crippen LogP contribution in [0.5, 0.6) is 5.75 Å². The molecule has 19 heavy (non-hydrogen) atoms. The number of nitrogens with one attached hydrogen (secondary N) is 1. The van der Waals surface area contributed by atoms with Crippen LogP contribution in [0, 0.1) is 0 Å². The molecule has 0 spiro atoms. The fraction of sp³-hybridized carbons (Fsp3) is 0.538. The van der Waals surface area contributed by atoms with Crippen LogP contribution < -0.4 is 10.1 Å². The molecule has 0 aromatic heterocycles. The number of benzene rings is 1. The first kappa shape index (κ1) is 16.9. The minimum atomic E-state index is 0.392.